The van der Waals surface area contributed by atoms with Crippen LogP contribution in [0.3, 0.4) is 0 Å². The smallest absolute Gasteiger partial charge is 0.256 e. The molecule has 0 aliphatic carbocycles. The summed E-state index contributed by atoms with van der Waals surface area (Å²) in [7, 11) is 0. The Labute approximate surface area is 209 Å². The number of amides is 1. The number of aromatic nitrogens is 1. The molecule has 1 aliphatic rings. The summed E-state index contributed by atoms with van der Waals surface area (Å²) in [6.07, 6.45) is 1.33. The molecule has 0 saturated carbocycles. The fourth-order valence-corrected chi connectivity index (χ4v) is 5.69. The van der Waals surface area contributed by atoms with Crippen molar-refractivity contribution in [2.75, 3.05) is 18.4 Å². The number of aryl methyl sites for hydroxylation is 1. The van der Waals surface area contributed by atoms with Crippen LogP contribution in [-0.2, 0) is 4.79 Å². The second kappa shape index (κ2) is 9.75. The largest absolute Gasteiger partial charge is 0.317 e. The molecule has 3 heterocycles. The summed E-state index contributed by atoms with van der Waals surface area (Å²) in [4.78, 5) is 40.0. The summed E-state index contributed by atoms with van der Waals surface area (Å²) >= 11 is 1.04. The van der Waals surface area contributed by atoms with E-state index in [1.807, 2.05) is 0 Å². The van der Waals surface area contributed by atoms with Crippen LogP contribution < -0.4 is 16.2 Å². The Morgan fingerprint density at radius 2 is 1.78 bits per heavy atom. The monoisotopic (exact) mass is 507 g/mol. The van der Waals surface area contributed by atoms with Gasteiger partial charge in [-0.05, 0) is 74.8 Å². The number of piperidine rings is 1. The number of nitrogens with zero attached hydrogens (tertiary/aromatic N) is 1. The van der Waals surface area contributed by atoms with Crippen LogP contribution in [0, 0.1) is 24.5 Å². The molecule has 0 radical (unpaired) electrons. The Kier molecular flexibility index (Phi) is 6.51. The van der Waals surface area contributed by atoms with Crippen LogP contribution in [0.4, 0.5) is 13.8 Å². The van der Waals surface area contributed by atoms with E-state index in [9.17, 15) is 23.2 Å². The van der Waals surface area contributed by atoms with Gasteiger partial charge in [-0.3, -0.25) is 19.0 Å². The molecule has 1 amide bonds. The first-order valence-corrected chi connectivity index (χ1v) is 12.4. The SMILES string of the molecule is Cc1cc(C(=O)c2c(NC(=O)C3CCNCC3)sc3c2ccc(=O)n3-c2ccccc2F)ccc1F. The van der Waals surface area contributed by atoms with Gasteiger partial charge < -0.3 is 10.6 Å². The number of rotatable bonds is 5. The van der Waals surface area contributed by atoms with E-state index in [4.69, 9.17) is 0 Å². The lowest BCUT2D eigenvalue weighted by Crippen LogP contribution is -2.34. The maximum atomic E-state index is 14.7. The maximum Gasteiger partial charge on any atom is 0.256 e. The third-order valence-corrected chi connectivity index (χ3v) is 7.53. The van der Waals surface area contributed by atoms with Gasteiger partial charge in [-0.2, -0.15) is 0 Å². The molecule has 0 spiro atoms. The Bertz CT molecular complexity index is 1550. The minimum atomic E-state index is -0.595. The average molecular weight is 508 g/mol. The average Bonchev–Trinajstić information content (AvgIpc) is 3.24. The predicted molar refractivity (Wildman–Crippen MR) is 136 cm³/mol. The number of pyridine rings is 1. The van der Waals surface area contributed by atoms with E-state index < -0.39 is 23.0 Å². The summed E-state index contributed by atoms with van der Waals surface area (Å²) in [5.41, 5.74) is 0.316. The van der Waals surface area contributed by atoms with E-state index in [1.54, 1.807) is 13.0 Å². The number of para-hydroxylation sites is 1. The third-order valence-electron chi connectivity index (χ3n) is 6.43. The normalized spacial score (nSPS) is 14.2. The maximum absolute atomic E-state index is 14.7. The number of carbonyl (C=O) groups is 2. The van der Waals surface area contributed by atoms with Crippen molar-refractivity contribution >= 4 is 38.2 Å². The van der Waals surface area contributed by atoms with Gasteiger partial charge in [-0.1, -0.05) is 23.5 Å². The fourth-order valence-electron chi connectivity index (χ4n) is 4.48. The molecule has 0 bridgehead atoms. The van der Waals surface area contributed by atoms with E-state index >= 15 is 0 Å². The molecule has 184 valence electrons. The topological polar surface area (TPSA) is 80.2 Å². The van der Waals surface area contributed by atoms with Crippen molar-refractivity contribution in [3.63, 3.8) is 0 Å². The van der Waals surface area contributed by atoms with Crippen LogP contribution >= 0.6 is 11.3 Å². The number of halogens is 2. The quantitative estimate of drug-likeness (QED) is 0.380. The van der Waals surface area contributed by atoms with Gasteiger partial charge in [0.15, 0.2) is 5.78 Å². The Morgan fingerprint density at radius 3 is 2.50 bits per heavy atom. The van der Waals surface area contributed by atoms with Crippen molar-refractivity contribution in [3.8, 4) is 5.69 Å². The summed E-state index contributed by atoms with van der Waals surface area (Å²) in [6, 6.07) is 12.7. The van der Waals surface area contributed by atoms with E-state index in [0.717, 1.165) is 24.4 Å². The van der Waals surface area contributed by atoms with Crippen molar-refractivity contribution < 1.29 is 18.4 Å². The van der Waals surface area contributed by atoms with Crippen molar-refractivity contribution in [1.82, 2.24) is 9.88 Å². The van der Waals surface area contributed by atoms with Crippen molar-refractivity contribution in [2.24, 2.45) is 5.92 Å². The van der Waals surface area contributed by atoms with Gasteiger partial charge in [0.2, 0.25) is 5.91 Å². The van der Waals surface area contributed by atoms with Crippen LogP contribution in [0.15, 0.2) is 59.4 Å². The molecule has 2 aromatic heterocycles. The Morgan fingerprint density at radius 1 is 1.03 bits per heavy atom. The van der Waals surface area contributed by atoms with Crippen LogP contribution in [0.25, 0.3) is 15.9 Å². The molecule has 2 N–H and O–H groups in total. The summed E-state index contributed by atoms with van der Waals surface area (Å²) < 4.78 is 29.8. The molecular formula is C27H23F2N3O3S. The minimum Gasteiger partial charge on any atom is -0.317 e. The van der Waals surface area contributed by atoms with Gasteiger partial charge in [0, 0.05) is 22.9 Å². The first-order chi connectivity index (χ1) is 17.3. The Hall–Kier alpha value is -3.69. The summed E-state index contributed by atoms with van der Waals surface area (Å²) in [5.74, 6) is -1.89. The second-order valence-corrected chi connectivity index (χ2v) is 9.79. The first kappa shape index (κ1) is 24.0. The van der Waals surface area contributed by atoms with Crippen molar-refractivity contribution in [3.05, 3.63) is 93.3 Å². The molecule has 9 heteroatoms. The zero-order chi connectivity index (χ0) is 25.4. The van der Waals surface area contributed by atoms with Gasteiger partial charge >= 0.3 is 0 Å². The standard InChI is InChI=1S/C27H23F2N3O3S/c1-15-14-17(6-8-19(15)28)24(34)23-18-7-9-22(33)32(21-5-3-2-4-20(21)29)27(18)36-26(23)31-25(35)16-10-12-30-13-11-16/h2-9,14,16,30H,10-13H2,1H3,(H,31,35). The molecule has 1 fully saturated rings. The van der Waals surface area contributed by atoms with Gasteiger partial charge in [-0.25, -0.2) is 8.78 Å². The van der Waals surface area contributed by atoms with Crippen LogP contribution in [0.1, 0.15) is 34.3 Å². The molecule has 5 rings (SSSR count). The number of hydrogen-bond acceptors (Lipinski definition) is 5. The van der Waals surface area contributed by atoms with Crippen LogP contribution in [0.2, 0.25) is 0 Å². The number of fused-ring (bicyclic) bond motifs is 1. The number of hydrogen-bond donors (Lipinski definition) is 2. The van der Waals surface area contributed by atoms with E-state index in [1.165, 1.54) is 53.1 Å². The van der Waals surface area contributed by atoms with Gasteiger partial charge in [-0.15, -0.1) is 0 Å². The molecule has 4 aromatic rings. The predicted octanol–water partition coefficient (Wildman–Crippen LogP) is 4.81. The van der Waals surface area contributed by atoms with Gasteiger partial charge in [0.05, 0.1) is 11.3 Å². The zero-order valence-corrected chi connectivity index (χ0v) is 20.3. The number of ketones is 1. The molecular weight excluding hydrogens is 484 g/mol. The highest BCUT2D eigenvalue weighted by atomic mass is 32.1. The number of carbonyl (C=O) groups excluding carboxylic acids is 2. The van der Waals surface area contributed by atoms with Crippen molar-refractivity contribution in [2.45, 2.75) is 19.8 Å². The molecule has 0 unspecified atom stereocenters. The Balaban J connectivity index is 1.70. The summed E-state index contributed by atoms with van der Waals surface area (Å²) in [5, 5.41) is 6.80. The number of benzene rings is 2. The van der Waals surface area contributed by atoms with Crippen LogP contribution in [0.5, 0.6) is 0 Å². The second-order valence-electron chi connectivity index (χ2n) is 8.79. The highest BCUT2D eigenvalue weighted by Crippen LogP contribution is 2.38. The highest BCUT2D eigenvalue weighted by Gasteiger charge is 2.28. The lowest BCUT2D eigenvalue weighted by Gasteiger charge is -2.21. The zero-order valence-electron chi connectivity index (χ0n) is 19.4. The molecule has 2 aromatic carbocycles. The minimum absolute atomic E-state index is 0.0437. The highest BCUT2D eigenvalue weighted by molar-refractivity contribution is 7.23. The molecule has 6 nitrogen and oxygen atoms in total. The molecule has 1 aliphatic heterocycles. The molecule has 36 heavy (non-hydrogen) atoms. The van der Waals surface area contributed by atoms with Gasteiger partial charge in [0.25, 0.3) is 5.56 Å². The lowest BCUT2D eigenvalue weighted by molar-refractivity contribution is -0.120. The van der Waals surface area contributed by atoms with Crippen LogP contribution in [-0.4, -0.2) is 29.3 Å². The van der Waals surface area contributed by atoms with Gasteiger partial charge in [0.1, 0.15) is 21.5 Å². The lowest BCUT2D eigenvalue weighted by atomic mass is 9.97. The summed E-state index contributed by atoms with van der Waals surface area (Å²) in [6.45, 7) is 3.00. The molecule has 1 saturated heterocycles. The molecule has 0 atom stereocenters. The first-order valence-electron chi connectivity index (χ1n) is 11.6. The van der Waals surface area contributed by atoms with E-state index in [-0.39, 0.29) is 33.6 Å². The number of nitrogens with one attached hydrogen (secondary N) is 2. The number of anilines is 1. The third kappa shape index (κ3) is 4.36. The number of thiophene rings is 1. The fraction of sp³-hybridized carbons (Fsp3) is 0.222. The van der Waals surface area contributed by atoms with Crippen molar-refractivity contribution in [1.29, 1.82) is 0 Å². The van der Waals surface area contributed by atoms with E-state index in [2.05, 4.69) is 10.6 Å². The van der Waals surface area contributed by atoms with E-state index in [0.29, 0.717) is 28.6 Å².